The molecule has 19 heavy (non-hydrogen) atoms. The topological polar surface area (TPSA) is 40.5 Å². The summed E-state index contributed by atoms with van der Waals surface area (Å²) in [6.07, 6.45) is 10.2. The number of hydrogen-bond donors (Lipinski definition) is 1. The second kappa shape index (κ2) is 6.25. The van der Waals surface area contributed by atoms with Crippen LogP contribution in [0, 0.1) is 5.41 Å². The lowest BCUT2D eigenvalue weighted by Gasteiger charge is -2.45. The predicted octanol–water partition coefficient (Wildman–Crippen LogP) is 3.67. The summed E-state index contributed by atoms with van der Waals surface area (Å²) < 4.78 is 0. The van der Waals surface area contributed by atoms with Gasteiger partial charge in [0.15, 0.2) is 0 Å². The van der Waals surface area contributed by atoms with Crippen molar-refractivity contribution in [3.05, 3.63) is 0 Å². The van der Waals surface area contributed by atoms with Gasteiger partial charge in [-0.1, -0.05) is 20.3 Å². The van der Waals surface area contributed by atoms with Crippen LogP contribution in [0.3, 0.4) is 0 Å². The van der Waals surface area contributed by atoms with Crippen LogP contribution < -0.4 is 0 Å². The SMILES string of the molecule is CC1(C)CCC(N2CCCCC2CCC(=O)O)CC1. The summed E-state index contributed by atoms with van der Waals surface area (Å²) in [6.45, 7) is 5.94. The first kappa shape index (κ1) is 14.8. The number of likely N-dealkylation sites (tertiary alicyclic amines) is 1. The molecule has 1 unspecified atom stereocenters. The van der Waals surface area contributed by atoms with E-state index in [2.05, 4.69) is 18.7 Å². The van der Waals surface area contributed by atoms with E-state index < -0.39 is 5.97 Å². The summed E-state index contributed by atoms with van der Waals surface area (Å²) in [5, 5.41) is 8.89. The van der Waals surface area contributed by atoms with E-state index in [1.165, 1.54) is 51.5 Å². The minimum absolute atomic E-state index is 0.333. The number of hydrogen-bond acceptors (Lipinski definition) is 2. The average Bonchev–Trinajstić information content (AvgIpc) is 2.37. The maximum atomic E-state index is 10.8. The van der Waals surface area contributed by atoms with Crippen molar-refractivity contribution in [2.45, 2.75) is 83.7 Å². The van der Waals surface area contributed by atoms with Crippen molar-refractivity contribution in [1.82, 2.24) is 4.90 Å². The summed E-state index contributed by atoms with van der Waals surface area (Å²) in [5.41, 5.74) is 0.517. The van der Waals surface area contributed by atoms with Crippen LogP contribution in [0.4, 0.5) is 0 Å². The van der Waals surface area contributed by atoms with E-state index in [1.54, 1.807) is 0 Å². The van der Waals surface area contributed by atoms with E-state index in [4.69, 9.17) is 5.11 Å². The van der Waals surface area contributed by atoms with Gasteiger partial charge in [0.25, 0.3) is 0 Å². The second-order valence-corrected chi connectivity index (χ2v) is 7.22. The normalized spacial score (nSPS) is 29.3. The highest BCUT2D eigenvalue weighted by atomic mass is 16.4. The Balaban J connectivity index is 1.90. The van der Waals surface area contributed by atoms with E-state index in [0.29, 0.717) is 23.9 Å². The van der Waals surface area contributed by atoms with Gasteiger partial charge < -0.3 is 5.11 Å². The molecule has 3 nitrogen and oxygen atoms in total. The molecule has 2 fully saturated rings. The number of rotatable bonds is 4. The summed E-state index contributed by atoms with van der Waals surface area (Å²) >= 11 is 0. The van der Waals surface area contributed by atoms with Crippen molar-refractivity contribution < 1.29 is 9.90 Å². The summed E-state index contributed by atoms with van der Waals surface area (Å²) in [5.74, 6) is -0.643. The molecular weight excluding hydrogens is 238 g/mol. The molecular formula is C16H29NO2. The molecule has 1 aliphatic carbocycles. The predicted molar refractivity (Wildman–Crippen MR) is 77.3 cm³/mol. The standard InChI is InChI=1S/C16H29NO2/c1-16(2)10-8-14(9-11-16)17-12-4-3-5-13(17)6-7-15(18)19/h13-14H,3-12H2,1-2H3,(H,18,19). The summed E-state index contributed by atoms with van der Waals surface area (Å²) in [7, 11) is 0. The molecule has 0 radical (unpaired) electrons. The molecule has 3 heteroatoms. The molecule has 2 rings (SSSR count). The van der Waals surface area contributed by atoms with E-state index in [-0.39, 0.29) is 0 Å². The first-order valence-corrected chi connectivity index (χ1v) is 7.95. The number of nitrogens with zero attached hydrogens (tertiary/aromatic N) is 1. The molecule has 0 spiro atoms. The second-order valence-electron chi connectivity index (χ2n) is 7.22. The zero-order valence-electron chi connectivity index (χ0n) is 12.5. The highest BCUT2D eigenvalue weighted by molar-refractivity contribution is 5.66. The lowest BCUT2D eigenvalue weighted by molar-refractivity contribution is -0.137. The van der Waals surface area contributed by atoms with Gasteiger partial charge in [-0.2, -0.15) is 0 Å². The lowest BCUT2D eigenvalue weighted by Crippen LogP contribution is -2.48. The van der Waals surface area contributed by atoms with Crippen LogP contribution in [0.15, 0.2) is 0 Å². The molecule has 1 aliphatic heterocycles. The van der Waals surface area contributed by atoms with Crippen molar-refractivity contribution in [2.75, 3.05) is 6.54 Å². The Bertz CT molecular complexity index is 304. The van der Waals surface area contributed by atoms with Gasteiger partial charge in [-0.3, -0.25) is 9.69 Å². The third kappa shape index (κ3) is 4.20. The highest BCUT2D eigenvalue weighted by Crippen LogP contribution is 2.38. The molecule has 0 aromatic heterocycles. The summed E-state index contributed by atoms with van der Waals surface area (Å²) in [6, 6.07) is 1.24. The maximum absolute atomic E-state index is 10.8. The first-order chi connectivity index (χ1) is 8.98. The lowest BCUT2D eigenvalue weighted by atomic mass is 9.74. The van der Waals surface area contributed by atoms with Crippen LogP contribution in [-0.4, -0.2) is 34.6 Å². The number of carbonyl (C=O) groups is 1. The smallest absolute Gasteiger partial charge is 0.303 e. The van der Waals surface area contributed by atoms with Gasteiger partial charge in [0, 0.05) is 18.5 Å². The van der Waals surface area contributed by atoms with Crippen LogP contribution in [0.2, 0.25) is 0 Å². The Morgan fingerprint density at radius 1 is 1.21 bits per heavy atom. The Labute approximate surface area is 117 Å². The van der Waals surface area contributed by atoms with Crippen LogP contribution in [0.1, 0.15) is 71.6 Å². The van der Waals surface area contributed by atoms with Gasteiger partial charge in [0.1, 0.15) is 0 Å². The minimum atomic E-state index is -0.643. The Hall–Kier alpha value is -0.570. The molecule has 2 aliphatic rings. The molecule has 1 heterocycles. The summed E-state index contributed by atoms with van der Waals surface area (Å²) in [4.78, 5) is 13.4. The van der Waals surface area contributed by atoms with Gasteiger partial charge in [-0.25, -0.2) is 0 Å². The zero-order valence-corrected chi connectivity index (χ0v) is 12.5. The van der Waals surface area contributed by atoms with Gasteiger partial charge in [0.2, 0.25) is 0 Å². The van der Waals surface area contributed by atoms with Crippen LogP contribution in [0.5, 0.6) is 0 Å². The molecule has 1 atom stereocenters. The van der Waals surface area contributed by atoms with Crippen molar-refractivity contribution in [3.8, 4) is 0 Å². The maximum Gasteiger partial charge on any atom is 0.303 e. The third-order valence-electron chi connectivity index (χ3n) is 5.14. The molecule has 0 bridgehead atoms. The molecule has 1 N–H and O–H groups in total. The quantitative estimate of drug-likeness (QED) is 0.844. The molecule has 1 saturated carbocycles. The van der Waals surface area contributed by atoms with E-state index in [0.717, 1.165) is 6.42 Å². The van der Waals surface area contributed by atoms with Gasteiger partial charge in [0.05, 0.1) is 0 Å². The van der Waals surface area contributed by atoms with Gasteiger partial charge >= 0.3 is 5.97 Å². The zero-order chi connectivity index (χ0) is 13.9. The van der Waals surface area contributed by atoms with Crippen molar-refractivity contribution in [2.24, 2.45) is 5.41 Å². The van der Waals surface area contributed by atoms with Gasteiger partial charge in [-0.15, -0.1) is 0 Å². The molecule has 0 amide bonds. The van der Waals surface area contributed by atoms with E-state index in [1.807, 2.05) is 0 Å². The Morgan fingerprint density at radius 2 is 1.89 bits per heavy atom. The van der Waals surface area contributed by atoms with Crippen LogP contribution >= 0.6 is 0 Å². The fraction of sp³-hybridized carbons (Fsp3) is 0.938. The number of aliphatic carboxylic acids is 1. The fourth-order valence-corrected chi connectivity index (χ4v) is 3.82. The van der Waals surface area contributed by atoms with E-state index >= 15 is 0 Å². The van der Waals surface area contributed by atoms with E-state index in [9.17, 15) is 4.79 Å². The molecule has 110 valence electrons. The number of piperidine rings is 1. The highest BCUT2D eigenvalue weighted by Gasteiger charge is 2.34. The molecule has 1 saturated heterocycles. The number of carboxylic acids is 1. The Kier molecular flexibility index (Phi) is 4.88. The fourth-order valence-electron chi connectivity index (χ4n) is 3.82. The van der Waals surface area contributed by atoms with Crippen molar-refractivity contribution in [3.63, 3.8) is 0 Å². The largest absolute Gasteiger partial charge is 0.481 e. The van der Waals surface area contributed by atoms with Crippen molar-refractivity contribution in [1.29, 1.82) is 0 Å². The average molecular weight is 267 g/mol. The van der Waals surface area contributed by atoms with Crippen LogP contribution in [-0.2, 0) is 4.79 Å². The van der Waals surface area contributed by atoms with Gasteiger partial charge in [-0.05, 0) is 56.9 Å². The first-order valence-electron chi connectivity index (χ1n) is 7.95. The van der Waals surface area contributed by atoms with Crippen molar-refractivity contribution >= 4 is 5.97 Å². The number of carboxylic acid groups (broad SMARTS) is 1. The molecule has 0 aromatic carbocycles. The molecule has 0 aromatic rings. The monoisotopic (exact) mass is 267 g/mol. The van der Waals surface area contributed by atoms with Crippen LogP contribution in [0.25, 0.3) is 0 Å². The minimum Gasteiger partial charge on any atom is -0.481 e. The third-order valence-corrected chi connectivity index (χ3v) is 5.14. The Morgan fingerprint density at radius 3 is 2.53 bits per heavy atom.